The number of pyridine rings is 1. The van der Waals surface area contributed by atoms with E-state index in [0.717, 1.165) is 18.9 Å². The Labute approximate surface area is 101 Å². The van der Waals surface area contributed by atoms with Gasteiger partial charge in [0.15, 0.2) is 0 Å². The molecule has 0 saturated carbocycles. The van der Waals surface area contributed by atoms with E-state index in [2.05, 4.69) is 15.2 Å². The van der Waals surface area contributed by atoms with Gasteiger partial charge in [-0.1, -0.05) is 0 Å². The van der Waals surface area contributed by atoms with Crippen molar-refractivity contribution in [2.45, 2.75) is 12.8 Å². The minimum absolute atomic E-state index is 0.115. The number of nitrogens with one attached hydrogen (secondary N) is 1. The van der Waals surface area contributed by atoms with E-state index in [0.29, 0.717) is 18.7 Å². The van der Waals surface area contributed by atoms with Crippen LogP contribution in [0.25, 0.3) is 0 Å². The van der Waals surface area contributed by atoms with Crippen molar-refractivity contribution in [2.24, 2.45) is 5.73 Å². The van der Waals surface area contributed by atoms with Crippen LogP contribution in [-0.2, 0) is 0 Å². The maximum atomic E-state index is 11.6. The molecule has 3 N–H and O–H groups in total. The third-order valence-electron chi connectivity index (χ3n) is 2.87. The summed E-state index contributed by atoms with van der Waals surface area (Å²) in [6.07, 6.45) is 4.07. The van der Waals surface area contributed by atoms with E-state index in [9.17, 15) is 4.79 Å². The summed E-state index contributed by atoms with van der Waals surface area (Å²) in [5.41, 5.74) is 5.91. The van der Waals surface area contributed by atoms with Gasteiger partial charge in [0, 0.05) is 32.4 Å². The van der Waals surface area contributed by atoms with E-state index in [1.54, 1.807) is 6.20 Å². The van der Waals surface area contributed by atoms with Crippen LogP contribution in [0.3, 0.4) is 0 Å². The molecule has 5 nitrogen and oxygen atoms in total. The van der Waals surface area contributed by atoms with E-state index < -0.39 is 0 Å². The van der Waals surface area contributed by atoms with Crippen molar-refractivity contribution in [3.63, 3.8) is 0 Å². The largest absolute Gasteiger partial charge is 0.357 e. The van der Waals surface area contributed by atoms with Crippen molar-refractivity contribution in [2.75, 3.05) is 31.1 Å². The second-order valence-electron chi connectivity index (χ2n) is 4.14. The first-order valence-corrected chi connectivity index (χ1v) is 6.00. The van der Waals surface area contributed by atoms with E-state index in [-0.39, 0.29) is 5.91 Å². The lowest BCUT2D eigenvalue weighted by Gasteiger charge is -2.16. The van der Waals surface area contributed by atoms with Gasteiger partial charge in [-0.05, 0) is 25.0 Å². The zero-order valence-corrected chi connectivity index (χ0v) is 9.85. The lowest BCUT2D eigenvalue weighted by molar-refractivity contribution is 0.0954. The lowest BCUT2D eigenvalue weighted by atomic mass is 10.2. The average molecular weight is 234 g/mol. The fraction of sp³-hybridized carbons (Fsp3) is 0.500. The fourth-order valence-corrected chi connectivity index (χ4v) is 1.94. The van der Waals surface area contributed by atoms with Gasteiger partial charge in [0.05, 0.1) is 5.56 Å². The summed E-state index contributed by atoms with van der Waals surface area (Å²) < 4.78 is 0. The zero-order valence-electron chi connectivity index (χ0n) is 9.85. The van der Waals surface area contributed by atoms with Crippen molar-refractivity contribution < 1.29 is 4.79 Å². The van der Waals surface area contributed by atoms with E-state index in [1.165, 1.54) is 12.8 Å². The van der Waals surface area contributed by atoms with Crippen LogP contribution in [0, 0.1) is 0 Å². The summed E-state index contributed by atoms with van der Waals surface area (Å²) in [6.45, 7) is 3.06. The minimum atomic E-state index is -0.115. The molecule has 1 fully saturated rings. The number of carbonyl (C=O) groups excluding carboxylic acids is 1. The van der Waals surface area contributed by atoms with Crippen LogP contribution in [0.5, 0.6) is 0 Å². The SMILES string of the molecule is NCCNC(=O)c1ccc(N2CCCC2)nc1. The van der Waals surface area contributed by atoms with Gasteiger partial charge in [0.1, 0.15) is 5.82 Å². The Bertz CT molecular complexity index is 371. The second kappa shape index (κ2) is 5.63. The van der Waals surface area contributed by atoms with Gasteiger partial charge in [0.25, 0.3) is 5.91 Å². The van der Waals surface area contributed by atoms with Crippen LogP contribution < -0.4 is 16.0 Å². The average Bonchev–Trinajstić information content (AvgIpc) is 2.90. The Kier molecular flexibility index (Phi) is 3.93. The smallest absolute Gasteiger partial charge is 0.252 e. The summed E-state index contributed by atoms with van der Waals surface area (Å²) in [5, 5.41) is 2.72. The molecule has 17 heavy (non-hydrogen) atoms. The van der Waals surface area contributed by atoms with Crippen molar-refractivity contribution in [1.29, 1.82) is 0 Å². The van der Waals surface area contributed by atoms with E-state index in [4.69, 9.17) is 5.73 Å². The van der Waals surface area contributed by atoms with Gasteiger partial charge in [-0.2, -0.15) is 0 Å². The number of nitrogens with zero attached hydrogens (tertiary/aromatic N) is 2. The van der Waals surface area contributed by atoms with Crippen LogP contribution in [0.2, 0.25) is 0 Å². The van der Waals surface area contributed by atoms with Gasteiger partial charge in [-0.15, -0.1) is 0 Å². The molecule has 0 atom stereocenters. The molecule has 1 aromatic heterocycles. The molecule has 92 valence electrons. The summed E-state index contributed by atoms with van der Waals surface area (Å²) in [4.78, 5) is 18.2. The minimum Gasteiger partial charge on any atom is -0.357 e. The monoisotopic (exact) mass is 234 g/mol. The van der Waals surface area contributed by atoms with Gasteiger partial charge >= 0.3 is 0 Å². The van der Waals surface area contributed by atoms with Crippen molar-refractivity contribution >= 4 is 11.7 Å². The molecule has 2 heterocycles. The predicted octanol–water partition coefficient (Wildman–Crippen LogP) is 0.370. The van der Waals surface area contributed by atoms with Crippen molar-refractivity contribution in [3.8, 4) is 0 Å². The molecule has 1 aliphatic heterocycles. The number of amides is 1. The van der Waals surface area contributed by atoms with Gasteiger partial charge in [-0.25, -0.2) is 4.98 Å². The normalized spacial score (nSPS) is 15.0. The standard InChI is InChI=1S/C12H18N4O/c13-5-6-14-12(17)10-3-4-11(15-9-10)16-7-1-2-8-16/h3-4,9H,1-2,5-8,13H2,(H,14,17). The molecule has 0 spiro atoms. The zero-order chi connectivity index (χ0) is 12.1. The summed E-state index contributed by atoms with van der Waals surface area (Å²) >= 11 is 0. The number of nitrogens with two attached hydrogens (primary N) is 1. The van der Waals surface area contributed by atoms with Gasteiger partial charge < -0.3 is 16.0 Å². The number of anilines is 1. The number of hydrogen-bond acceptors (Lipinski definition) is 4. The Morgan fingerprint density at radius 2 is 2.18 bits per heavy atom. The first-order chi connectivity index (χ1) is 8.31. The van der Waals surface area contributed by atoms with Crippen molar-refractivity contribution in [1.82, 2.24) is 10.3 Å². The third-order valence-corrected chi connectivity index (χ3v) is 2.87. The summed E-state index contributed by atoms with van der Waals surface area (Å²) in [5.74, 6) is 0.841. The molecule has 0 unspecified atom stereocenters. The highest BCUT2D eigenvalue weighted by atomic mass is 16.1. The Balaban J connectivity index is 1.99. The van der Waals surface area contributed by atoms with Crippen molar-refractivity contribution in [3.05, 3.63) is 23.9 Å². The summed E-state index contributed by atoms with van der Waals surface area (Å²) in [6, 6.07) is 3.72. The molecule has 0 bridgehead atoms. The molecule has 1 aromatic rings. The molecule has 5 heteroatoms. The molecular formula is C12H18N4O. The molecule has 1 amide bonds. The number of rotatable bonds is 4. The second-order valence-corrected chi connectivity index (χ2v) is 4.14. The Morgan fingerprint density at radius 3 is 2.76 bits per heavy atom. The maximum Gasteiger partial charge on any atom is 0.252 e. The van der Waals surface area contributed by atoms with Crippen LogP contribution >= 0.6 is 0 Å². The highest BCUT2D eigenvalue weighted by molar-refractivity contribution is 5.94. The first-order valence-electron chi connectivity index (χ1n) is 6.00. The highest BCUT2D eigenvalue weighted by Gasteiger charge is 2.13. The molecule has 1 saturated heterocycles. The van der Waals surface area contributed by atoms with E-state index >= 15 is 0 Å². The maximum absolute atomic E-state index is 11.6. The van der Waals surface area contributed by atoms with E-state index in [1.807, 2.05) is 12.1 Å². The van der Waals surface area contributed by atoms with Crippen LogP contribution in [0.4, 0.5) is 5.82 Å². The van der Waals surface area contributed by atoms with Gasteiger partial charge in [-0.3, -0.25) is 4.79 Å². The highest BCUT2D eigenvalue weighted by Crippen LogP contribution is 2.17. The molecule has 0 aliphatic carbocycles. The van der Waals surface area contributed by atoms with Crippen LogP contribution in [0.15, 0.2) is 18.3 Å². The molecule has 2 rings (SSSR count). The molecular weight excluding hydrogens is 216 g/mol. The molecule has 1 aliphatic rings. The number of carbonyl (C=O) groups is 1. The predicted molar refractivity (Wildman–Crippen MR) is 67.1 cm³/mol. The lowest BCUT2D eigenvalue weighted by Crippen LogP contribution is -2.29. The molecule has 0 radical (unpaired) electrons. The van der Waals surface area contributed by atoms with Crippen LogP contribution in [0.1, 0.15) is 23.2 Å². The quantitative estimate of drug-likeness (QED) is 0.789. The number of hydrogen-bond donors (Lipinski definition) is 2. The topological polar surface area (TPSA) is 71.2 Å². The molecule has 0 aromatic carbocycles. The Morgan fingerprint density at radius 1 is 1.41 bits per heavy atom. The fourth-order valence-electron chi connectivity index (χ4n) is 1.94. The number of aromatic nitrogens is 1. The Hall–Kier alpha value is -1.62. The first kappa shape index (κ1) is 11.9. The van der Waals surface area contributed by atoms with Gasteiger partial charge in [0.2, 0.25) is 0 Å². The van der Waals surface area contributed by atoms with Crippen LogP contribution in [-0.4, -0.2) is 37.1 Å². The summed E-state index contributed by atoms with van der Waals surface area (Å²) in [7, 11) is 0. The third kappa shape index (κ3) is 2.94.